The van der Waals surface area contributed by atoms with Gasteiger partial charge in [-0.3, -0.25) is 0 Å². The lowest BCUT2D eigenvalue weighted by atomic mass is 10.0. The first-order valence-electron chi connectivity index (χ1n) is 8.94. The Kier molecular flexibility index (Phi) is 6.40. The van der Waals surface area contributed by atoms with Crippen molar-refractivity contribution < 1.29 is 4.39 Å². The third-order valence-corrected chi connectivity index (χ3v) is 4.44. The summed E-state index contributed by atoms with van der Waals surface area (Å²) in [5.41, 5.74) is 13.9. The lowest BCUT2D eigenvalue weighted by molar-refractivity contribution is 0.405. The third kappa shape index (κ3) is 5.07. The lowest BCUT2D eigenvalue weighted by Crippen LogP contribution is -2.17. The monoisotopic (exact) mass is 416 g/mol. The number of benzene rings is 1. The first-order chi connectivity index (χ1) is 13.8. The lowest BCUT2D eigenvalue weighted by Gasteiger charge is -2.17. The maximum Gasteiger partial charge on any atom is 0.222 e. The second kappa shape index (κ2) is 8.97. The van der Waals surface area contributed by atoms with E-state index in [-0.39, 0.29) is 16.9 Å². The number of nitrogen functional groups attached to an aromatic ring is 2. The van der Waals surface area contributed by atoms with Crippen LogP contribution in [0.25, 0.3) is 22.4 Å². The average Bonchev–Trinajstić information content (AvgIpc) is 2.68. The van der Waals surface area contributed by atoms with E-state index in [1.807, 2.05) is 14.1 Å². The molecule has 2 heterocycles. The number of aromatic nitrogens is 4. The van der Waals surface area contributed by atoms with E-state index in [0.717, 1.165) is 13.0 Å². The van der Waals surface area contributed by atoms with Gasteiger partial charge in [-0.25, -0.2) is 19.3 Å². The van der Waals surface area contributed by atoms with Crippen molar-refractivity contribution in [1.82, 2.24) is 24.8 Å². The van der Waals surface area contributed by atoms with E-state index in [9.17, 15) is 4.39 Å². The number of hydrogen-bond acceptors (Lipinski definition) is 8. The Morgan fingerprint density at radius 1 is 1.07 bits per heavy atom. The molecule has 0 aliphatic heterocycles. The summed E-state index contributed by atoms with van der Waals surface area (Å²) in [6.45, 7) is 1.58. The molecule has 0 aliphatic carbocycles. The summed E-state index contributed by atoms with van der Waals surface area (Å²) < 4.78 is 13.7. The molecule has 1 aromatic carbocycles. The minimum absolute atomic E-state index is 0.0142. The van der Waals surface area contributed by atoms with Crippen LogP contribution in [-0.4, -0.2) is 52.0 Å². The van der Waals surface area contributed by atoms with Crippen molar-refractivity contribution in [3.63, 3.8) is 0 Å². The third-order valence-electron chi connectivity index (χ3n) is 4.15. The Balaban J connectivity index is 2.10. The molecule has 8 nitrogen and oxygen atoms in total. The van der Waals surface area contributed by atoms with E-state index in [1.165, 1.54) is 12.1 Å². The number of anilines is 3. The Labute approximate surface area is 173 Å². The van der Waals surface area contributed by atoms with Crippen molar-refractivity contribution in [3.05, 3.63) is 41.4 Å². The highest BCUT2D eigenvalue weighted by atomic mass is 35.5. The summed E-state index contributed by atoms with van der Waals surface area (Å²) in [5.74, 6) is 0.240. The predicted octanol–water partition coefficient (Wildman–Crippen LogP) is 2.92. The van der Waals surface area contributed by atoms with Crippen LogP contribution in [0.4, 0.5) is 22.1 Å². The molecule has 0 unspecified atom stereocenters. The molecule has 10 heteroatoms. The first kappa shape index (κ1) is 20.7. The maximum absolute atomic E-state index is 13.7. The van der Waals surface area contributed by atoms with Crippen LogP contribution in [0.3, 0.4) is 0 Å². The molecule has 0 bridgehead atoms. The highest BCUT2D eigenvalue weighted by molar-refractivity contribution is 6.31. The Morgan fingerprint density at radius 3 is 2.45 bits per heavy atom. The quantitative estimate of drug-likeness (QED) is 0.503. The van der Waals surface area contributed by atoms with Crippen molar-refractivity contribution in [3.8, 4) is 22.4 Å². The second-order valence-corrected chi connectivity index (χ2v) is 7.10. The van der Waals surface area contributed by atoms with Crippen LogP contribution in [0.5, 0.6) is 0 Å². The van der Waals surface area contributed by atoms with Gasteiger partial charge in [0.1, 0.15) is 11.6 Å². The van der Waals surface area contributed by atoms with Gasteiger partial charge in [-0.15, -0.1) is 0 Å². The van der Waals surface area contributed by atoms with Gasteiger partial charge in [-0.05, 0) is 45.3 Å². The van der Waals surface area contributed by atoms with E-state index >= 15 is 0 Å². The number of halogens is 2. The Hall–Kier alpha value is -3.04. The van der Waals surface area contributed by atoms with E-state index in [1.54, 1.807) is 18.5 Å². The van der Waals surface area contributed by atoms with Gasteiger partial charge in [0.2, 0.25) is 11.9 Å². The molecule has 0 radical (unpaired) electrons. The zero-order valence-electron chi connectivity index (χ0n) is 16.2. The molecule has 0 saturated carbocycles. The summed E-state index contributed by atoms with van der Waals surface area (Å²) in [4.78, 5) is 19.0. The van der Waals surface area contributed by atoms with Crippen molar-refractivity contribution in [2.75, 3.05) is 44.0 Å². The molecule has 152 valence electrons. The topological polar surface area (TPSA) is 119 Å². The summed E-state index contributed by atoms with van der Waals surface area (Å²) in [7, 11) is 4.02. The number of nitrogens with two attached hydrogens (primary N) is 2. The summed E-state index contributed by atoms with van der Waals surface area (Å²) >= 11 is 5.98. The van der Waals surface area contributed by atoms with Crippen LogP contribution in [0.1, 0.15) is 6.42 Å². The van der Waals surface area contributed by atoms with E-state index in [2.05, 4.69) is 30.2 Å². The van der Waals surface area contributed by atoms with Crippen molar-refractivity contribution in [1.29, 1.82) is 0 Å². The van der Waals surface area contributed by atoms with Crippen LogP contribution < -0.4 is 16.8 Å². The molecule has 0 aliphatic rings. The number of nitrogens with one attached hydrogen (secondary N) is 1. The first-order valence-corrected chi connectivity index (χ1v) is 9.32. The van der Waals surface area contributed by atoms with Crippen molar-refractivity contribution in [2.45, 2.75) is 6.42 Å². The fourth-order valence-electron chi connectivity index (χ4n) is 2.80. The molecule has 0 saturated heterocycles. The normalized spacial score (nSPS) is 11.1. The second-order valence-electron chi connectivity index (χ2n) is 6.70. The maximum atomic E-state index is 13.7. The number of hydrogen-bond donors (Lipinski definition) is 3. The minimum Gasteiger partial charge on any atom is -0.369 e. The number of nitrogens with zero attached hydrogens (tertiary/aromatic N) is 5. The Morgan fingerprint density at radius 2 is 1.79 bits per heavy atom. The van der Waals surface area contributed by atoms with Gasteiger partial charge < -0.3 is 21.7 Å². The Bertz CT molecular complexity index is 994. The molecule has 29 heavy (non-hydrogen) atoms. The zero-order valence-corrected chi connectivity index (χ0v) is 16.9. The van der Waals surface area contributed by atoms with Crippen LogP contribution in [0.15, 0.2) is 30.6 Å². The molecule has 5 N–H and O–H groups in total. The SMILES string of the molecule is CN(C)CCCNc1nc(N)nc(-c2ccc(F)c(Cl)c2)c1-c1cnc(N)nc1. The van der Waals surface area contributed by atoms with Gasteiger partial charge in [-0.2, -0.15) is 4.98 Å². The average molecular weight is 417 g/mol. The highest BCUT2D eigenvalue weighted by Gasteiger charge is 2.19. The van der Waals surface area contributed by atoms with Crippen molar-refractivity contribution in [2.24, 2.45) is 0 Å². The summed E-state index contributed by atoms with van der Waals surface area (Å²) in [6, 6.07) is 4.36. The molecule has 3 rings (SSSR count). The van der Waals surface area contributed by atoms with Crippen LogP contribution >= 0.6 is 11.6 Å². The fourth-order valence-corrected chi connectivity index (χ4v) is 2.98. The molecule has 3 aromatic rings. The van der Waals surface area contributed by atoms with E-state index in [4.69, 9.17) is 23.1 Å². The van der Waals surface area contributed by atoms with Gasteiger partial charge in [0.25, 0.3) is 0 Å². The largest absolute Gasteiger partial charge is 0.369 e. The van der Waals surface area contributed by atoms with E-state index in [0.29, 0.717) is 34.7 Å². The van der Waals surface area contributed by atoms with Crippen molar-refractivity contribution >= 4 is 29.3 Å². The number of rotatable bonds is 7. The zero-order chi connectivity index (χ0) is 21.0. The minimum atomic E-state index is -0.517. The van der Waals surface area contributed by atoms with Crippen LogP contribution in [0, 0.1) is 5.82 Å². The summed E-state index contributed by atoms with van der Waals surface area (Å²) in [6.07, 6.45) is 4.06. The molecule has 2 aromatic heterocycles. The fraction of sp³-hybridized carbons (Fsp3) is 0.263. The molecule has 0 fully saturated rings. The molecular weight excluding hydrogens is 395 g/mol. The standard InChI is InChI=1S/C19H22ClFN8/c1-29(2)7-3-6-24-17-15(12-9-25-18(22)26-10-12)16(27-19(23)28-17)11-4-5-14(21)13(20)8-11/h4-5,8-10H,3,6-7H2,1-2H3,(H2,22,25,26)(H3,23,24,27,28). The van der Waals surface area contributed by atoms with Gasteiger partial charge in [-0.1, -0.05) is 11.6 Å². The van der Waals surface area contributed by atoms with Gasteiger partial charge in [0.05, 0.1) is 16.3 Å². The molecule has 0 amide bonds. The predicted molar refractivity (Wildman–Crippen MR) is 114 cm³/mol. The molecule has 0 atom stereocenters. The highest BCUT2D eigenvalue weighted by Crippen LogP contribution is 2.37. The van der Waals surface area contributed by atoms with Crippen LogP contribution in [-0.2, 0) is 0 Å². The van der Waals surface area contributed by atoms with Gasteiger partial charge in [0.15, 0.2) is 0 Å². The molecular formula is C19H22ClFN8. The van der Waals surface area contributed by atoms with E-state index < -0.39 is 5.82 Å². The smallest absolute Gasteiger partial charge is 0.222 e. The summed E-state index contributed by atoms with van der Waals surface area (Å²) in [5, 5.41) is 3.29. The molecule has 0 spiro atoms. The van der Waals surface area contributed by atoms with Gasteiger partial charge >= 0.3 is 0 Å². The van der Waals surface area contributed by atoms with Gasteiger partial charge in [0, 0.05) is 30.1 Å². The van der Waals surface area contributed by atoms with Crippen LogP contribution in [0.2, 0.25) is 5.02 Å².